The number of nitrogens with zero attached hydrogens (tertiary/aromatic N) is 1. The van der Waals surface area contributed by atoms with E-state index in [-0.39, 0.29) is 18.6 Å². The minimum Gasteiger partial charge on any atom is -0.481 e. The van der Waals surface area contributed by atoms with E-state index in [2.05, 4.69) is 0 Å². The lowest BCUT2D eigenvalue weighted by Crippen LogP contribution is -2.41. The van der Waals surface area contributed by atoms with Crippen molar-refractivity contribution in [2.24, 2.45) is 0 Å². The maximum Gasteiger partial charge on any atom is 0.410 e. The third-order valence-corrected chi connectivity index (χ3v) is 2.75. The van der Waals surface area contributed by atoms with E-state index >= 15 is 0 Å². The average Bonchev–Trinajstić information content (AvgIpc) is 2.57. The third kappa shape index (κ3) is 4.18. The number of likely N-dealkylation sites (tertiary alicyclic amines) is 1. The van der Waals surface area contributed by atoms with Gasteiger partial charge in [0.2, 0.25) is 0 Å². The van der Waals surface area contributed by atoms with E-state index in [1.807, 2.05) is 0 Å². The first kappa shape index (κ1) is 14.8. The van der Waals surface area contributed by atoms with Gasteiger partial charge in [0.1, 0.15) is 5.60 Å². The van der Waals surface area contributed by atoms with Gasteiger partial charge < -0.3 is 19.5 Å². The molecule has 0 unspecified atom stereocenters. The second-order valence-corrected chi connectivity index (χ2v) is 5.48. The van der Waals surface area contributed by atoms with E-state index in [9.17, 15) is 9.59 Å². The molecule has 1 aliphatic heterocycles. The first-order chi connectivity index (χ1) is 8.23. The molecular weight excluding hydrogens is 238 g/mol. The van der Waals surface area contributed by atoms with Gasteiger partial charge in [-0.15, -0.1) is 0 Å². The van der Waals surface area contributed by atoms with Gasteiger partial charge in [0.25, 0.3) is 0 Å². The summed E-state index contributed by atoms with van der Waals surface area (Å²) in [5.74, 6) is -0.926. The van der Waals surface area contributed by atoms with Crippen molar-refractivity contribution in [2.75, 3.05) is 13.7 Å². The Bertz CT molecular complexity index is 323. The summed E-state index contributed by atoms with van der Waals surface area (Å²) in [7, 11) is 1.56. The van der Waals surface area contributed by atoms with Gasteiger partial charge in [0.15, 0.2) is 0 Å². The second-order valence-electron chi connectivity index (χ2n) is 5.48. The molecule has 18 heavy (non-hydrogen) atoms. The molecular formula is C12H21NO5. The van der Waals surface area contributed by atoms with E-state index in [0.717, 1.165) is 0 Å². The van der Waals surface area contributed by atoms with Crippen molar-refractivity contribution in [1.82, 2.24) is 4.90 Å². The highest BCUT2D eigenvalue weighted by Gasteiger charge is 2.38. The molecule has 1 N–H and O–H groups in total. The molecule has 6 nitrogen and oxygen atoms in total. The molecule has 2 atom stereocenters. The molecule has 104 valence electrons. The number of hydrogen-bond acceptors (Lipinski definition) is 4. The second kappa shape index (κ2) is 5.56. The molecule has 1 heterocycles. The first-order valence-electron chi connectivity index (χ1n) is 5.97. The zero-order valence-corrected chi connectivity index (χ0v) is 11.3. The molecule has 0 aromatic rings. The largest absolute Gasteiger partial charge is 0.481 e. The molecule has 0 bridgehead atoms. The normalized spacial score (nSPS) is 24.1. The van der Waals surface area contributed by atoms with Gasteiger partial charge in [0.05, 0.1) is 19.1 Å². The summed E-state index contributed by atoms with van der Waals surface area (Å²) < 4.78 is 10.5. The Morgan fingerprint density at radius 1 is 1.39 bits per heavy atom. The fourth-order valence-electron chi connectivity index (χ4n) is 1.98. The monoisotopic (exact) mass is 259 g/mol. The Hall–Kier alpha value is -1.30. The minimum absolute atomic E-state index is 0.0842. The molecule has 1 fully saturated rings. The number of carboxylic acids is 1. The molecule has 0 aromatic heterocycles. The molecule has 0 spiro atoms. The van der Waals surface area contributed by atoms with Gasteiger partial charge in [0, 0.05) is 13.2 Å². The van der Waals surface area contributed by atoms with E-state index < -0.39 is 17.7 Å². The van der Waals surface area contributed by atoms with E-state index in [4.69, 9.17) is 14.6 Å². The number of rotatable bonds is 3. The van der Waals surface area contributed by atoms with Crippen LogP contribution in [0.4, 0.5) is 4.79 Å². The maximum atomic E-state index is 12.0. The highest BCUT2D eigenvalue weighted by atomic mass is 16.6. The summed E-state index contributed by atoms with van der Waals surface area (Å²) in [6.45, 7) is 5.71. The number of aliphatic carboxylic acids is 1. The number of amides is 1. The van der Waals surface area contributed by atoms with Gasteiger partial charge in [-0.25, -0.2) is 4.79 Å². The van der Waals surface area contributed by atoms with Crippen molar-refractivity contribution in [3.05, 3.63) is 0 Å². The molecule has 1 rings (SSSR count). The van der Waals surface area contributed by atoms with Crippen LogP contribution in [0.3, 0.4) is 0 Å². The number of carboxylic acid groups (broad SMARTS) is 1. The van der Waals surface area contributed by atoms with Gasteiger partial charge in [-0.3, -0.25) is 4.79 Å². The average molecular weight is 259 g/mol. The minimum atomic E-state index is -0.926. The van der Waals surface area contributed by atoms with Crippen LogP contribution in [0.25, 0.3) is 0 Å². The van der Waals surface area contributed by atoms with Crippen LogP contribution >= 0.6 is 0 Å². The number of carbonyl (C=O) groups is 2. The molecule has 1 amide bonds. The quantitative estimate of drug-likeness (QED) is 0.831. The Labute approximate surface area is 107 Å². The summed E-state index contributed by atoms with van der Waals surface area (Å²) in [5, 5.41) is 8.85. The predicted molar refractivity (Wildman–Crippen MR) is 64.4 cm³/mol. The van der Waals surface area contributed by atoms with Crippen LogP contribution in [0, 0.1) is 0 Å². The molecule has 1 aliphatic rings. The molecule has 0 aromatic carbocycles. The molecule has 1 saturated heterocycles. The Balaban J connectivity index is 2.70. The Kier molecular flexibility index (Phi) is 4.56. The number of methoxy groups -OCH3 is 1. The molecule has 0 saturated carbocycles. The topological polar surface area (TPSA) is 76.1 Å². The van der Waals surface area contributed by atoms with E-state index in [0.29, 0.717) is 13.0 Å². The molecule has 0 aliphatic carbocycles. The van der Waals surface area contributed by atoms with Crippen molar-refractivity contribution < 1.29 is 24.2 Å². The lowest BCUT2D eigenvalue weighted by atomic mass is 10.1. The zero-order valence-electron chi connectivity index (χ0n) is 11.3. The summed E-state index contributed by atoms with van der Waals surface area (Å²) in [6.07, 6.45) is -0.156. The SMILES string of the molecule is CO[C@H]1C[C@H](CC(=O)O)N(C(=O)OC(C)(C)C)C1. The number of ether oxygens (including phenoxy) is 2. The van der Waals surface area contributed by atoms with Crippen LogP contribution < -0.4 is 0 Å². The van der Waals surface area contributed by atoms with Gasteiger partial charge >= 0.3 is 12.1 Å². The van der Waals surface area contributed by atoms with E-state index in [1.54, 1.807) is 27.9 Å². The Morgan fingerprint density at radius 2 is 2.00 bits per heavy atom. The van der Waals surface area contributed by atoms with Crippen LogP contribution in [-0.2, 0) is 14.3 Å². The highest BCUT2D eigenvalue weighted by Crippen LogP contribution is 2.24. The first-order valence-corrected chi connectivity index (χ1v) is 5.97. The van der Waals surface area contributed by atoms with Crippen molar-refractivity contribution in [3.63, 3.8) is 0 Å². The fourth-order valence-corrected chi connectivity index (χ4v) is 1.98. The van der Waals surface area contributed by atoms with Crippen molar-refractivity contribution in [1.29, 1.82) is 0 Å². The summed E-state index contributed by atoms with van der Waals surface area (Å²) in [6, 6.07) is -0.359. The van der Waals surface area contributed by atoms with Crippen LogP contribution in [0.15, 0.2) is 0 Å². The smallest absolute Gasteiger partial charge is 0.410 e. The summed E-state index contributed by atoms with van der Waals surface area (Å²) in [4.78, 5) is 24.2. The summed E-state index contributed by atoms with van der Waals surface area (Å²) in [5.41, 5.74) is -0.587. The Morgan fingerprint density at radius 3 is 2.44 bits per heavy atom. The maximum absolute atomic E-state index is 12.0. The standard InChI is InChI=1S/C12H21NO5/c1-12(2,3)18-11(16)13-7-9(17-4)5-8(13)6-10(14)15/h8-9H,5-7H2,1-4H3,(H,14,15)/t8-,9+/m1/s1. The van der Waals surface area contributed by atoms with Crippen LogP contribution in [0.1, 0.15) is 33.6 Å². The lowest BCUT2D eigenvalue weighted by Gasteiger charge is -2.27. The van der Waals surface area contributed by atoms with Crippen molar-refractivity contribution in [2.45, 2.75) is 51.4 Å². The zero-order chi connectivity index (χ0) is 13.9. The number of carbonyl (C=O) groups excluding carboxylic acids is 1. The molecule has 0 radical (unpaired) electrons. The van der Waals surface area contributed by atoms with Crippen molar-refractivity contribution in [3.8, 4) is 0 Å². The number of hydrogen-bond donors (Lipinski definition) is 1. The predicted octanol–water partition coefficient (Wildman–Crippen LogP) is 1.49. The van der Waals surface area contributed by atoms with Crippen LogP contribution in [0.5, 0.6) is 0 Å². The van der Waals surface area contributed by atoms with E-state index in [1.165, 1.54) is 4.90 Å². The van der Waals surface area contributed by atoms with Gasteiger partial charge in [-0.2, -0.15) is 0 Å². The van der Waals surface area contributed by atoms with Crippen LogP contribution in [0.2, 0.25) is 0 Å². The van der Waals surface area contributed by atoms with Crippen molar-refractivity contribution >= 4 is 12.1 Å². The van der Waals surface area contributed by atoms with Gasteiger partial charge in [-0.05, 0) is 27.2 Å². The fraction of sp³-hybridized carbons (Fsp3) is 0.833. The third-order valence-electron chi connectivity index (χ3n) is 2.75. The van der Waals surface area contributed by atoms with Crippen LogP contribution in [-0.4, -0.2) is 53.5 Å². The van der Waals surface area contributed by atoms with Gasteiger partial charge in [-0.1, -0.05) is 0 Å². The summed E-state index contributed by atoms with van der Waals surface area (Å²) >= 11 is 0. The lowest BCUT2D eigenvalue weighted by molar-refractivity contribution is -0.138. The highest BCUT2D eigenvalue weighted by molar-refractivity contribution is 5.72. The molecule has 6 heteroatoms.